The standard InChI is InChI=1S/C20H32F5N5O/c1-19(2,3)28-18(27-17(31)10-7-8-13(21)14(22)9-10)26-16-11-5-4-6-12(20(23,24)25)15(11)29-30-16/h10-16,29-30H,4-9H2,1-3H3,(H2,26,27,28,31). The van der Waals surface area contributed by atoms with Crippen LogP contribution in [0.2, 0.25) is 0 Å². The van der Waals surface area contributed by atoms with Gasteiger partial charge in [0.25, 0.3) is 0 Å². The summed E-state index contributed by atoms with van der Waals surface area (Å²) in [6.45, 7) is 5.55. The van der Waals surface area contributed by atoms with E-state index < -0.39 is 54.0 Å². The van der Waals surface area contributed by atoms with Crippen LogP contribution in [0.4, 0.5) is 22.0 Å². The first-order valence-corrected chi connectivity index (χ1v) is 10.9. The lowest BCUT2D eigenvalue weighted by atomic mass is 9.76. The number of hydrazine groups is 1. The number of aliphatic imine (C=N–C) groups is 1. The van der Waals surface area contributed by atoms with E-state index in [1.807, 2.05) is 20.8 Å². The normalized spacial score (nSPS) is 37.3. The Kier molecular flexibility index (Phi) is 7.15. The highest BCUT2D eigenvalue weighted by molar-refractivity contribution is 5.98. The van der Waals surface area contributed by atoms with Crippen molar-refractivity contribution in [3.8, 4) is 0 Å². The molecule has 7 unspecified atom stereocenters. The van der Waals surface area contributed by atoms with Crippen LogP contribution in [0.1, 0.15) is 59.3 Å². The van der Waals surface area contributed by atoms with Crippen molar-refractivity contribution in [3.05, 3.63) is 0 Å². The highest BCUT2D eigenvalue weighted by Gasteiger charge is 2.53. The lowest BCUT2D eigenvalue weighted by Crippen LogP contribution is -2.52. The van der Waals surface area contributed by atoms with Crippen molar-refractivity contribution in [1.82, 2.24) is 21.5 Å². The minimum absolute atomic E-state index is 0.0187. The number of guanidine groups is 1. The van der Waals surface area contributed by atoms with Crippen molar-refractivity contribution in [1.29, 1.82) is 0 Å². The number of fused-ring (bicyclic) bond motifs is 1. The van der Waals surface area contributed by atoms with Gasteiger partial charge in [0.05, 0.1) is 5.92 Å². The molecule has 3 aliphatic rings. The molecule has 2 saturated carbocycles. The average Bonchev–Trinajstić information content (AvgIpc) is 3.04. The zero-order chi connectivity index (χ0) is 23.0. The molecule has 3 fully saturated rings. The van der Waals surface area contributed by atoms with Crippen molar-refractivity contribution < 1.29 is 26.7 Å². The molecule has 11 heteroatoms. The van der Waals surface area contributed by atoms with Crippen molar-refractivity contribution in [2.24, 2.45) is 22.7 Å². The number of carbonyl (C=O) groups excluding carboxylic acids is 1. The highest BCUT2D eigenvalue weighted by atomic mass is 19.4. The highest BCUT2D eigenvalue weighted by Crippen LogP contribution is 2.43. The summed E-state index contributed by atoms with van der Waals surface area (Å²) < 4.78 is 67.3. The molecule has 178 valence electrons. The van der Waals surface area contributed by atoms with Crippen molar-refractivity contribution in [2.75, 3.05) is 0 Å². The predicted octanol–water partition coefficient (Wildman–Crippen LogP) is 3.10. The maximum absolute atomic E-state index is 13.7. The molecular weight excluding hydrogens is 421 g/mol. The smallest absolute Gasteiger partial charge is 0.351 e. The first kappa shape index (κ1) is 24.2. The zero-order valence-corrected chi connectivity index (χ0v) is 18.0. The van der Waals surface area contributed by atoms with E-state index in [0.717, 1.165) is 0 Å². The summed E-state index contributed by atoms with van der Waals surface area (Å²) in [5.74, 6) is -2.87. The second-order valence-electron chi connectivity index (χ2n) is 9.89. The van der Waals surface area contributed by atoms with Gasteiger partial charge in [0.1, 0.15) is 18.5 Å². The monoisotopic (exact) mass is 453 g/mol. The van der Waals surface area contributed by atoms with Gasteiger partial charge in [0, 0.05) is 23.4 Å². The number of hydrogen-bond acceptors (Lipinski definition) is 4. The van der Waals surface area contributed by atoms with Gasteiger partial charge in [-0.15, -0.1) is 0 Å². The lowest BCUT2D eigenvalue weighted by molar-refractivity contribution is -0.191. The van der Waals surface area contributed by atoms with E-state index in [1.54, 1.807) is 0 Å². The molecule has 4 N–H and O–H groups in total. The van der Waals surface area contributed by atoms with E-state index in [9.17, 15) is 26.7 Å². The zero-order valence-electron chi connectivity index (χ0n) is 18.0. The molecule has 2 aliphatic carbocycles. The molecule has 0 bridgehead atoms. The third-order valence-electron chi connectivity index (χ3n) is 6.24. The van der Waals surface area contributed by atoms with E-state index in [0.29, 0.717) is 12.8 Å². The van der Waals surface area contributed by atoms with Crippen LogP contribution in [0.25, 0.3) is 0 Å². The number of hydrogen-bond donors (Lipinski definition) is 4. The Labute approximate surface area is 179 Å². The predicted molar refractivity (Wildman–Crippen MR) is 106 cm³/mol. The van der Waals surface area contributed by atoms with E-state index >= 15 is 0 Å². The number of rotatable bonds is 2. The maximum Gasteiger partial charge on any atom is 0.393 e. The molecule has 0 aromatic carbocycles. The molecule has 3 rings (SSSR count). The maximum atomic E-state index is 13.7. The van der Waals surface area contributed by atoms with Crippen LogP contribution in [0, 0.1) is 17.8 Å². The number of halogens is 5. The lowest BCUT2D eigenvalue weighted by Gasteiger charge is -2.35. The molecule has 1 aliphatic heterocycles. The summed E-state index contributed by atoms with van der Waals surface area (Å²) in [7, 11) is 0. The Morgan fingerprint density at radius 2 is 1.71 bits per heavy atom. The molecule has 1 heterocycles. The van der Waals surface area contributed by atoms with E-state index in [1.165, 1.54) is 0 Å². The molecule has 0 radical (unpaired) electrons. The van der Waals surface area contributed by atoms with Gasteiger partial charge in [0.2, 0.25) is 5.91 Å². The number of nitrogens with one attached hydrogen (secondary N) is 4. The van der Waals surface area contributed by atoms with Crippen LogP contribution in [0.3, 0.4) is 0 Å². The fraction of sp³-hybridized carbons (Fsp3) is 0.900. The van der Waals surface area contributed by atoms with Crippen LogP contribution < -0.4 is 21.5 Å². The second kappa shape index (κ2) is 9.17. The number of amides is 1. The molecule has 31 heavy (non-hydrogen) atoms. The summed E-state index contributed by atoms with van der Waals surface area (Å²) >= 11 is 0. The number of nitrogens with zero attached hydrogens (tertiary/aromatic N) is 1. The summed E-state index contributed by atoms with van der Waals surface area (Å²) in [4.78, 5) is 17.2. The Morgan fingerprint density at radius 3 is 2.32 bits per heavy atom. The van der Waals surface area contributed by atoms with Crippen LogP contribution >= 0.6 is 0 Å². The molecule has 1 amide bonds. The third kappa shape index (κ3) is 6.06. The van der Waals surface area contributed by atoms with Gasteiger partial charge >= 0.3 is 6.18 Å². The van der Waals surface area contributed by atoms with Crippen LogP contribution in [0.5, 0.6) is 0 Å². The molecule has 0 aromatic heterocycles. The average molecular weight is 454 g/mol. The molecule has 6 nitrogen and oxygen atoms in total. The summed E-state index contributed by atoms with van der Waals surface area (Å²) in [6, 6.07) is -0.791. The summed E-state index contributed by atoms with van der Waals surface area (Å²) in [5, 5.41) is 5.73. The number of carbonyl (C=O) groups is 1. The van der Waals surface area contributed by atoms with Crippen LogP contribution in [0.15, 0.2) is 4.99 Å². The van der Waals surface area contributed by atoms with Gasteiger partial charge in [-0.05, 0) is 52.9 Å². The summed E-state index contributed by atoms with van der Waals surface area (Å²) in [5.41, 5.74) is 5.11. The molecule has 7 atom stereocenters. The SMILES string of the molecule is CC(C)(C)N/C(=N\C1NNC2C1CCCC2C(F)(F)F)NC(=O)C1CCC(F)C(F)C1. The quantitative estimate of drug-likeness (QED) is 0.294. The van der Waals surface area contributed by atoms with Gasteiger partial charge < -0.3 is 5.32 Å². The van der Waals surface area contributed by atoms with E-state index in [2.05, 4.69) is 26.5 Å². The Bertz CT molecular complexity index is 680. The van der Waals surface area contributed by atoms with Crippen LogP contribution in [-0.4, -0.2) is 48.1 Å². The largest absolute Gasteiger partial charge is 0.393 e. The minimum Gasteiger partial charge on any atom is -0.351 e. The second-order valence-corrected chi connectivity index (χ2v) is 9.89. The van der Waals surface area contributed by atoms with Gasteiger partial charge in [-0.2, -0.15) is 13.2 Å². The van der Waals surface area contributed by atoms with Gasteiger partial charge in [0.15, 0.2) is 5.96 Å². The molecular formula is C20H32F5N5O. The van der Waals surface area contributed by atoms with Crippen molar-refractivity contribution in [3.63, 3.8) is 0 Å². The third-order valence-corrected chi connectivity index (χ3v) is 6.24. The van der Waals surface area contributed by atoms with Crippen molar-refractivity contribution >= 4 is 11.9 Å². The first-order valence-electron chi connectivity index (χ1n) is 10.9. The van der Waals surface area contributed by atoms with Crippen molar-refractivity contribution in [2.45, 2.75) is 95.6 Å². The van der Waals surface area contributed by atoms with E-state index in [-0.39, 0.29) is 37.6 Å². The fourth-order valence-corrected chi connectivity index (χ4v) is 4.70. The minimum atomic E-state index is -4.30. The van der Waals surface area contributed by atoms with Crippen LogP contribution in [-0.2, 0) is 4.79 Å². The van der Waals surface area contributed by atoms with Gasteiger partial charge in [-0.1, -0.05) is 6.42 Å². The number of alkyl halides is 5. The molecule has 1 saturated heterocycles. The Morgan fingerprint density at radius 1 is 1.00 bits per heavy atom. The fourth-order valence-electron chi connectivity index (χ4n) is 4.70. The molecule has 0 aromatic rings. The Balaban J connectivity index is 1.74. The summed E-state index contributed by atoms with van der Waals surface area (Å²) in [6.07, 6.45) is -7.07. The molecule has 0 spiro atoms. The topological polar surface area (TPSA) is 77.6 Å². The van der Waals surface area contributed by atoms with Gasteiger partial charge in [-0.3, -0.25) is 15.5 Å². The first-order chi connectivity index (χ1) is 14.3. The Hall–Kier alpha value is -1.49. The van der Waals surface area contributed by atoms with E-state index in [4.69, 9.17) is 0 Å². The van der Waals surface area contributed by atoms with Gasteiger partial charge in [-0.25, -0.2) is 19.2 Å².